The van der Waals surface area contributed by atoms with E-state index in [2.05, 4.69) is 10.3 Å². The number of hydrogen-bond donors (Lipinski definition) is 2. The van der Waals surface area contributed by atoms with Gasteiger partial charge in [-0.25, -0.2) is 13.8 Å². The second-order valence-corrected chi connectivity index (χ2v) is 6.79. The van der Waals surface area contributed by atoms with Gasteiger partial charge in [0.05, 0.1) is 0 Å². The molecule has 0 spiro atoms. The first-order chi connectivity index (χ1) is 13.3. The Kier molecular flexibility index (Phi) is 5.65. The van der Waals surface area contributed by atoms with Crippen molar-refractivity contribution in [2.24, 2.45) is 11.7 Å². The topological polar surface area (TPSA) is 94.3 Å². The number of thiazole rings is 1. The molecule has 3 aromatic rings. The fourth-order valence-corrected chi connectivity index (χ4v) is 3.03. The van der Waals surface area contributed by atoms with Gasteiger partial charge in [0.2, 0.25) is 16.9 Å². The Hall–Kier alpha value is -3.33. The van der Waals surface area contributed by atoms with Crippen molar-refractivity contribution in [3.63, 3.8) is 0 Å². The van der Waals surface area contributed by atoms with E-state index in [1.54, 1.807) is 0 Å². The molecule has 2 aromatic carbocycles. The molecular weight excluding hydrogens is 388 g/mol. The predicted octanol–water partition coefficient (Wildman–Crippen LogP) is 3.94. The standard InChI is InChI=1S/C19H15F2N3O3S/c1-10(16(22)25)17(26)24-19-23-15(11-2-4-12(20)5-3-11)18(28-19)27-14-8-6-13(21)7-9-14/h2-10H,1H3,(H2,22,25)(H,23,24,26). The molecule has 9 heteroatoms. The number of amides is 2. The maximum atomic E-state index is 13.2. The molecule has 0 bridgehead atoms. The Bertz CT molecular complexity index is 1000. The molecule has 0 fully saturated rings. The molecule has 1 aromatic heterocycles. The molecular formula is C19H15F2N3O3S. The van der Waals surface area contributed by atoms with Crippen molar-refractivity contribution in [3.05, 3.63) is 60.2 Å². The van der Waals surface area contributed by atoms with Crippen LogP contribution < -0.4 is 15.8 Å². The van der Waals surface area contributed by atoms with Crippen molar-refractivity contribution < 1.29 is 23.1 Å². The number of nitrogens with two attached hydrogens (primary N) is 1. The highest BCUT2D eigenvalue weighted by atomic mass is 32.1. The van der Waals surface area contributed by atoms with Gasteiger partial charge < -0.3 is 15.8 Å². The van der Waals surface area contributed by atoms with Gasteiger partial charge >= 0.3 is 0 Å². The molecule has 3 rings (SSSR count). The van der Waals surface area contributed by atoms with E-state index in [9.17, 15) is 18.4 Å². The molecule has 0 aliphatic carbocycles. The molecule has 2 amide bonds. The average molecular weight is 403 g/mol. The minimum atomic E-state index is -1.04. The fraction of sp³-hybridized carbons (Fsp3) is 0.105. The first-order valence-electron chi connectivity index (χ1n) is 8.14. The molecule has 0 saturated heterocycles. The third-order valence-corrected chi connectivity index (χ3v) is 4.64. The number of hydrogen-bond acceptors (Lipinski definition) is 5. The van der Waals surface area contributed by atoms with Crippen molar-refractivity contribution in [1.29, 1.82) is 0 Å². The lowest BCUT2D eigenvalue weighted by molar-refractivity contribution is -0.129. The highest BCUT2D eigenvalue weighted by molar-refractivity contribution is 7.18. The van der Waals surface area contributed by atoms with Gasteiger partial charge in [0, 0.05) is 5.56 Å². The van der Waals surface area contributed by atoms with Crippen LogP contribution in [0.15, 0.2) is 48.5 Å². The maximum absolute atomic E-state index is 13.2. The lowest BCUT2D eigenvalue weighted by Gasteiger charge is -2.05. The number of ether oxygens (including phenoxy) is 1. The zero-order valence-corrected chi connectivity index (χ0v) is 15.4. The van der Waals surface area contributed by atoms with Crippen molar-refractivity contribution in [1.82, 2.24) is 4.98 Å². The summed E-state index contributed by atoms with van der Waals surface area (Å²) in [7, 11) is 0. The lowest BCUT2D eigenvalue weighted by Crippen LogP contribution is -2.32. The molecule has 28 heavy (non-hydrogen) atoms. The normalized spacial score (nSPS) is 11.7. The zero-order valence-electron chi connectivity index (χ0n) is 14.6. The Morgan fingerprint density at radius 1 is 1.07 bits per heavy atom. The molecule has 0 saturated carbocycles. The molecule has 144 valence electrons. The van der Waals surface area contributed by atoms with Crippen LogP contribution in [0.4, 0.5) is 13.9 Å². The van der Waals surface area contributed by atoms with Crippen molar-refractivity contribution >= 4 is 28.3 Å². The van der Waals surface area contributed by atoms with E-state index < -0.39 is 29.4 Å². The van der Waals surface area contributed by atoms with Gasteiger partial charge in [-0.15, -0.1) is 0 Å². The molecule has 0 aliphatic rings. The second kappa shape index (κ2) is 8.13. The lowest BCUT2D eigenvalue weighted by atomic mass is 10.1. The third-order valence-electron chi connectivity index (χ3n) is 3.79. The van der Waals surface area contributed by atoms with E-state index in [1.165, 1.54) is 55.5 Å². The number of nitrogens with zero attached hydrogens (tertiary/aromatic N) is 1. The van der Waals surface area contributed by atoms with Crippen LogP contribution in [0.2, 0.25) is 0 Å². The van der Waals surface area contributed by atoms with Crippen LogP contribution in [0.1, 0.15) is 6.92 Å². The summed E-state index contributed by atoms with van der Waals surface area (Å²) in [5, 5.41) is 2.99. The Morgan fingerprint density at radius 3 is 2.21 bits per heavy atom. The van der Waals surface area contributed by atoms with Crippen molar-refractivity contribution in [2.75, 3.05) is 5.32 Å². The Balaban J connectivity index is 1.94. The Labute approximate surface area is 163 Å². The second-order valence-electron chi connectivity index (χ2n) is 5.83. The quantitative estimate of drug-likeness (QED) is 0.610. The smallest absolute Gasteiger partial charge is 0.238 e. The number of rotatable bonds is 6. The fourth-order valence-electron chi connectivity index (χ4n) is 2.17. The number of carbonyl (C=O) groups excluding carboxylic acids is 2. The first-order valence-corrected chi connectivity index (χ1v) is 8.95. The SMILES string of the molecule is CC(C(N)=O)C(=O)Nc1nc(-c2ccc(F)cc2)c(Oc2ccc(F)cc2)s1. The molecule has 0 aliphatic heterocycles. The van der Waals surface area contributed by atoms with Gasteiger partial charge in [0.15, 0.2) is 5.13 Å². The van der Waals surface area contributed by atoms with Crippen LogP contribution in [0.25, 0.3) is 11.3 Å². The largest absolute Gasteiger partial charge is 0.444 e. The summed E-state index contributed by atoms with van der Waals surface area (Å²) in [6.45, 7) is 1.38. The third kappa shape index (κ3) is 4.49. The zero-order chi connectivity index (χ0) is 20.3. The highest BCUT2D eigenvalue weighted by Gasteiger charge is 2.22. The summed E-state index contributed by atoms with van der Waals surface area (Å²) in [4.78, 5) is 27.6. The van der Waals surface area contributed by atoms with Crippen molar-refractivity contribution in [3.8, 4) is 22.1 Å². The molecule has 0 radical (unpaired) electrons. The number of primary amides is 1. The van der Waals surface area contributed by atoms with Crippen LogP contribution in [-0.4, -0.2) is 16.8 Å². The molecule has 3 N–H and O–H groups in total. The number of benzene rings is 2. The Morgan fingerprint density at radius 2 is 1.64 bits per heavy atom. The average Bonchev–Trinajstić information content (AvgIpc) is 3.05. The van der Waals surface area contributed by atoms with Crippen LogP contribution in [-0.2, 0) is 9.59 Å². The molecule has 1 heterocycles. The van der Waals surface area contributed by atoms with Crippen LogP contribution in [0, 0.1) is 17.6 Å². The minimum absolute atomic E-state index is 0.175. The highest BCUT2D eigenvalue weighted by Crippen LogP contribution is 2.40. The number of halogens is 2. The van der Waals surface area contributed by atoms with Crippen LogP contribution >= 0.6 is 11.3 Å². The van der Waals surface area contributed by atoms with Gasteiger partial charge in [-0.1, -0.05) is 11.3 Å². The summed E-state index contributed by atoms with van der Waals surface area (Å²) < 4.78 is 32.1. The number of carbonyl (C=O) groups is 2. The van der Waals surface area contributed by atoms with E-state index in [4.69, 9.17) is 10.5 Å². The summed E-state index contributed by atoms with van der Waals surface area (Å²) in [5.74, 6) is -2.89. The molecule has 6 nitrogen and oxygen atoms in total. The summed E-state index contributed by atoms with van der Waals surface area (Å²) in [5.41, 5.74) is 6.05. The van der Waals surface area contributed by atoms with Crippen LogP contribution in [0.5, 0.6) is 10.8 Å². The van der Waals surface area contributed by atoms with E-state index in [1.807, 2.05) is 0 Å². The van der Waals surface area contributed by atoms with Gasteiger partial charge in [-0.2, -0.15) is 0 Å². The van der Waals surface area contributed by atoms with E-state index in [0.717, 1.165) is 11.3 Å². The maximum Gasteiger partial charge on any atom is 0.238 e. The first kappa shape index (κ1) is 19.4. The van der Waals surface area contributed by atoms with E-state index in [0.29, 0.717) is 22.1 Å². The van der Waals surface area contributed by atoms with Gasteiger partial charge in [-0.05, 0) is 55.5 Å². The minimum Gasteiger partial charge on any atom is -0.444 e. The molecule has 1 unspecified atom stereocenters. The van der Waals surface area contributed by atoms with Gasteiger partial charge in [-0.3, -0.25) is 9.59 Å². The monoisotopic (exact) mass is 403 g/mol. The van der Waals surface area contributed by atoms with Crippen molar-refractivity contribution in [2.45, 2.75) is 6.92 Å². The number of anilines is 1. The molecule has 1 atom stereocenters. The summed E-state index contributed by atoms with van der Waals surface area (Å²) in [6.07, 6.45) is 0. The van der Waals surface area contributed by atoms with Crippen LogP contribution in [0.3, 0.4) is 0 Å². The van der Waals surface area contributed by atoms with E-state index in [-0.39, 0.29) is 5.13 Å². The number of nitrogens with one attached hydrogen (secondary N) is 1. The number of aromatic nitrogens is 1. The summed E-state index contributed by atoms with van der Waals surface area (Å²) >= 11 is 1.01. The summed E-state index contributed by atoms with van der Waals surface area (Å²) in [6, 6.07) is 10.9. The predicted molar refractivity (Wildman–Crippen MR) is 101 cm³/mol. The van der Waals surface area contributed by atoms with Gasteiger partial charge in [0.1, 0.15) is 29.0 Å². The van der Waals surface area contributed by atoms with E-state index >= 15 is 0 Å². The van der Waals surface area contributed by atoms with Gasteiger partial charge in [0.25, 0.3) is 0 Å².